The van der Waals surface area contributed by atoms with Crippen LogP contribution < -0.4 is 0 Å². The highest BCUT2D eigenvalue weighted by Crippen LogP contribution is 2.49. The molecule has 0 aromatic heterocycles. The summed E-state index contributed by atoms with van der Waals surface area (Å²) < 4.78 is 0. The van der Waals surface area contributed by atoms with E-state index in [4.69, 9.17) is 0 Å². The number of nitro benzene ring substituents is 1. The van der Waals surface area contributed by atoms with Crippen molar-refractivity contribution in [3.8, 4) is 0 Å². The molecule has 0 N–H and O–H groups in total. The number of allylic oxidation sites excluding steroid dienone is 7. The first kappa shape index (κ1) is 18.2. The third-order valence-electron chi connectivity index (χ3n) is 5.83. The highest BCUT2D eigenvalue weighted by molar-refractivity contribution is 8.00. The van der Waals surface area contributed by atoms with Gasteiger partial charge in [-0.05, 0) is 64.8 Å². The molecule has 2 aliphatic carbocycles. The Morgan fingerprint density at radius 2 is 1.86 bits per heavy atom. The van der Waals surface area contributed by atoms with Crippen LogP contribution in [0.2, 0.25) is 0 Å². The second-order valence-corrected chi connectivity index (χ2v) is 9.06. The number of fused-ring (bicyclic) bond motifs is 3. The van der Waals surface area contributed by atoms with Gasteiger partial charge in [0.25, 0.3) is 5.69 Å². The topological polar surface area (TPSA) is 43.1 Å². The molecule has 2 aromatic rings. The largest absolute Gasteiger partial charge is 0.277 e. The zero-order valence-electron chi connectivity index (χ0n) is 16.2. The van der Waals surface area contributed by atoms with Crippen molar-refractivity contribution in [2.75, 3.05) is 0 Å². The lowest BCUT2D eigenvalue weighted by molar-refractivity contribution is -0.385. The fourth-order valence-electron chi connectivity index (χ4n) is 4.24. The summed E-state index contributed by atoms with van der Waals surface area (Å²) in [6.07, 6.45) is 12.5. The van der Waals surface area contributed by atoms with Gasteiger partial charge in [-0.15, -0.1) is 11.8 Å². The fourth-order valence-corrected chi connectivity index (χ4v) is 5.53. The SMILES string of the molecule is CC1C=CC(c2ccc(C3=CCC4Sc5ccccc5C4=C3)cc2[N+](=O)[O-])=CC1. The lowest BCUT2D eigenvalue weighted by Crippen LogP contribution is -2.04. The predicted octanol–water partition coefficient (Wildman–Crippen LogP) is 6.92. The summed E-state index contributed by atoms with van der Waals surface area (Å²) in [4.78, 5) is 12.9. The van der Waals surface area contributed by atoms with E-state index >= 15 is 0 Å². The molecule has 0 amide bonds. The average Bonchev–Trinajstić information content (AvgIpc) is 3.12. The lowest BCUT2D eigenvalue weighted by atomic mass is 9.88. The number of nitrogens with zero attached hydrogens (tertiary/aromatic N) is 1. The smallest absolute Gasteiger partial charge is 0.258 e. The van der Waals surface area contributed by atoms with Crippen molar-refractivity contribution >= 4 is 34.2 Å². The van der Waals surface area contributed by atoms with Gasteiger partial charge in [0.05, 0.1) is 10.5 Å². The Labute approximate surface area is 174 Å². The first-order valence-electron chi connectivity index (χ1n) is 9.95. The first-order chi connectivity index (χ1) is 14.1. The van der Waals surface area contributed by atoms with E-state index in [-0.39, 0.29) is 10.6 Å². The standard InChI is InChI=1S/C25H21NO2S/c1-16-6-8-17(9-7-16)20-12-10-19(15-23(20)26(27)28)18-11-13-25-22(14-18)21-4-2-3-5-24(21)29-25/h2-6,8-12,14-16,25H,7,13H2,1H3. The Morgan fingerprint density at radius 3 is 2.66 bits per heavy atom. The van der Waals surface area contributed by atoms with Gasteiger partial charge >= 0.3 is 0 Å². The van der Waals surface area contributed by atoms with Gasteiger partial charge in [0, 0.05) is 16.2 Å². The highest BCUT2D eigenvalue weighted by atomic mass is 32.2. The van der Waals surface area contributed by atoms with Crippen LogP contribution in [0, 0.1) is 16.0 Å². The summed E-state index contributed by atoms with van der Waals surface area (Å²) in [5, 5.41) is 12.3. The molecule has 1 heterocycles. The molecular weight excluding hydrogens is 378 g/mol. The second-order valence-electron chi connectivity index (χ2n) is 7.82. The van der Waals surface area contributed by atoms with E-state index in [2.05, 4.69) is 55.5 Å². The van der Waals surface area contributed by atoms with E-state index in [1.165, 1.54) is 16.0 Å². The Morgan fingerprint density at radius 1 is 1.03 bits per heavy atom. The van der Waals surface area contributed by atoms with Crippen LogP contribution in [0.1, 0.15) is 36.5 Å². The molecule has 0 saturated heterocycles. The normalized spacial score (nSPS) is 22.3. The molecule has 0 fully saturated rings. The second kappa shape index (κ2) is 7.20. The third kappa shape index (κ3) is 3.28. The van der Waals surface area contributed by atoms with Crippen LogP contribution in [-0.2, 0) is 0 Å². The minimum Gasteiger partial charge on any atom is -0.258 e. The first-order valence-corrected chi connectivity index (χ1v) is 10.8. The van der Waals surface area contributed by atoms with Gasteiger partial charge in [-0.2, -0.15) is 0 Å². The zero-order valence-corrected chi connectivity index (χ0v) is 17.0. The molecular formula is C25H21NO2S. The van der Waals surface area contributed by atoms with Gasteiger partial charge in [-0.3, -0.25) is 10.1 Å². The van der Waals surface area contributed by atoms with E-state index in [1.54, 1.807) is 6.07 Å². The van der Waals surface area contributed by atoms with E-state index in [1.807, 2.05) is 30.0 Å². The Balaban J connectivity index is 1.53. The van der Waals surface area contributed by atoms with E-state index in [9.17, 15) is 10.1 Å². The van der Waals surface area contributed by atoms with E-state index in [0.717, 1.165) is 29.6 Å². The quantitative estimate of drug-likeness (QED) is 0.415. The molecule has 4 heteroatoms. The number of thioether (sulfide) groups is 1. The summed E-state index contributed by atoms with van der Waals surface area (Å²) >= 11 is 1.91. The van der Waals surface area contributed by atoms with Crippen LogP contribution in [0.15, 0.2) is 77.7 Å². The predicted molar refractivity (Wildman–Crippen MR) is 121 cm³/mol. The number of benzene rings is 2. The number of rotatable bonds is 3. The van der Waals surface area contributed by atoms with Crippen LogP contribution in [0.3, 0.4) is 0 Å². The van der Waals surface area contributed by atoms with Gasteiger partial charge in [0.2, 0.25) is 0 Å². The maximum atomic E-state index is 11.8. The lowest BCUT2D eigenvalue weighted by Gasteiger charge is -2.18. The maximum absolute atomic E-state index is 11.8. The summed E-state index contributed by atoms with van der Waals surface area (Å²) in [6.45, 7) is 2.15. The van der Waals surface area contributed by atoms with Gasteiger partial charge in [-0.25, -0.2) is 0 Å². The molecule has 144 valence electrons. The van der Waals surface area contributed by atoms with Crippen molar-refractivity contribution in [1.29, 1.82) is 0 Å². The fraction of sp³-hybridized carbons (Fsp3) is 0.200. The van der Waals surface area contributed by atoms with Crippen molar-refractivity contribution in [1.82, 2.24) is 0 Å². The molecule has 0 spiro atoms. The number of hydrogen-bond donors (Lipinski definition) is 0. The highest BCUT2D eigenvalue weighted by Gasteiger charge is 2.29. The maximum Gasteiger partial charge on any atom is 0.277 e. The van der Waals surface area contributed by atoms with Gasteiger partial charge in [0.15, 0.2) is 0 Å². The van der Waals surface area contributed by atoms with Crippen LogP contribution >= 0.6 is 11.8 Å². The molecule has 3 nitrogen and oxygen atoms in total. The van der Waals surface area contributed by atoms with Crippen LogP contribution in [0.25, 0.3) is 16.7 Å². The van der Waals surface area contributed by atoms with Gasteiger partial charge < -0.3 is 0 Å². The molecule has 29 heavy (non-hydrogen) atoms. The average molecular weight is 400 g/mol. The molecule has 3 aliphatic rings. The third-order valence-corrected chi connectivity index (χ3v) is 7.17. The monoisotopic (exact) mass is 399 g/mol. The van der Waals surface area contributed by atoms with Crippen LogP contribution in [-0.4, -0.2) is 10.2 Å². The van der Waals surface area contributed by atoms with Crippen molar-refractivity contribution in [2.45, 2.75) is 29.9 Å². The Hall–Kier alpha value is -2.85. The Bertz CT molecular complexity index is 1140. The van der Waals surface area contributed by atoms with Crippen LogP contribution in [0.5, 0.6) is 0 Å². The minimum atomic E-state index is -0.258. The Kier molecular flexibility index (Phi) is 4.51. The molecule has 5 rings (SSSR count). The van der Waals surface area contributed by atoms with Crippen molar-refractivity contribution in [2.24, 2.45) is 5.92 Å². The molecule has 1 aliphatic heterocycles. The number of nitro groups is 1. The van der Waals surface area contributed by atoms with E-state index < -0.39 is 0 Å². The van der Waals surface area contributed by atoms with E-state index in [0.29, 0.717) is 16.7 Å². The minimum absolute atomic E-state index is 0.176. The molecule has 0 radical (unpaired) electrons. The summed E-state index contributed by atoms with van der Waals surface area (Å²) in [5.41, 5.74) is 6.44. The zero-order chi connectivity index (χ0) is 20.0. The molecule has 0 saturated carbocycles. The summed E-state index contributed by atoms with van der Waals surface area (Å²) in [7, 11) is 0. The molecule has 2 atom stereocenters. The van der Waals surface area contributed by atoms with Crippen molar-refractivity contribution in [3.05, 3.63) is 99.6 Å². The van der Waals surface area contributed by atoms with Crippen LogP contribution in [0.4, 0.5) is 5.69 Å². The molecule has 2 unspecified atom stereocenters. The van der Waals surface area contributed by atoms with Gasteiger partial charge in [-0.1, -0.05) is 55.5 Å². The summed E-state index contributed by atoms with van der Waals surface area (Å²) in [5.74, 6) is 0.483. The molecule has 2 aromatic carbocycles. The number of hydrogen-bond acceptors (Lipinski definition) is 3. The summed E-state index contributed by atoms with van der Waals surface area (Å²) in [6, 6.07) is 14.2. The molecule has 0 bridgehead atoms. The van der Waals surface area contributed by atoms with Crippen molar-refractivity contribution in [3.63, 3.8) is 0 Å². The van der Waals surface area contributed by atoms with Crippen molar-refractivity contribution < 1.29 is 4.92 Å². The van der Waals surface area contributed by atoms with Gasteiger partial charge in [0.1, 0.15) is 0 Å².